The molecule has 1 atom stereocenters. The average molecular weight is 503 g/mol. The van der Waals surface area contributed by atoms with Gasteiger partial charge in [0.1, 0.15) is 6.54 Å². The van der Waals surface area contributed by atoms with Gasteiger partial charge in [0.2, 0.25) is 5.34 Å². The van der Waals surface area contributed by atoms with E-state index >= 15 is 0 Å². The first-order chi connectivity index (χ1) is 16.0. The van der Waals surface area contributed by atoms with E-state index < -0.39 is 12.9 Å². The van der Waals surface area contributed by atoms with Crippen LogP contribution in [0.5, 0.6) is 0 Å². The van der Waals surface area contributed by atoms with Crippen molar-refractivity contribution in [2.75, 3.05) is 27.7 Å². The lowest BCUT2D eigenvalue weighted by Gasteiger charge is -2.35. The summed E-state index contributed by atoms with van der Waals surface area (Å²) in [5, 5.41) is 8.61. The fraction of sp³-hybridized carbons (Fsp3) is 0.857. The first kappa shape index (κ1) is 33.5. The SMILES string of the molecule is CCC/C=C\CCCCCCCCCCCC/C=C\CCCCC(O)(C[N+](C)(C)C)P(=O)(O)O. The van der Waals surface area contributed by atoms with Crippen LogP contribution in [0.3, 0.4) is 0 Å². The fourth-order valence-electron chi connectivity index (χ4n) is 4.32. The molecular formula is C28H57NO4P+. The molecule has 0 fully saturated rings. The summed E-state index contributed by atoms with van der Waals surface area (Å²) in [7, 11) is 0.938. The largest absolute Gasteiger partial charge is 0.373 e. The molecule has 202 valence electrons. The maximum absolute atomic E-state index is 11.8. The predicted molar refractivity (Wildman–Crippen MR) is 147 cm³/mol. The quantitative estimate of drug-likeness (QED) is 0.0578. The Hall–Kier alpha value is -0.450. The number of hydrogen-bond acceptors (Lipinski definition) is 2. The Kier molecular flexibility index (Phi) is 19.4. The van der Waals surface area contributed by atoms with Crippen molar-refractivity contribution in [3.05, 3.63) is 24.3 Å². The van der Waals surface area contributed by atoms with Gasteiger partial charge >= 0.3 is 7.60 Å². The van der Waals surface area contributed by atoms with Crippen LogP contribution in [0.25, 0.3) is 0 Å². The van der Waals surface area contributed by atoms with Crippen molar-refractivity contribution in [3.63, 3.8) is 0 Å². The molecule has 5 nitrogen and oxygen atoms in total. The lowest BCUT2D eigenvalue weighted by atomic mass is 10.0. The Morgan fingerprint density at radius 2 is 1.00 bits per heavy atom. The molecule has 0 saturated carbocycles. The Morgan fingerprint density at radius 1 is 0.647 bits per heavy atom. The summed E-state index contributed by atoms with van der Waals surface area (Å²) >= 11 is 0. The van der Waals surface area contributed by atoms with Crippen LogP contribution in [0, 0.1) is 0 Å². The highest BCUT2D eigenvalue weighted by molar-refractivity contribution is 7.53. The number of allylic oxidation sites excluding steroid dienone is 4. The predicted octanol–water partition coefficient (Wildman–Crippen LogP) is 7.71. The van der Waals surface area contributed by atoms with Gasteiger partial charge in [0.25, 0.3) is 0 Å². The summed E-state index contributed by atoms with van der Waals surface area (Å²) in [5.74, 6) is 0. The van der Waals surface area contributed by atoms with E-state index in [0.29, 0.717) is 10.9 Å². The minimum absolute atomic E-state index is 0.0458. The van der Waals surface area contributed by atoms with Gasteiger partial charge in [0, 0.05) is 0 Å². The number of unbranched alkanes of at least 4 members (excludes halogenated alkanes) is 14. The minimum atomic E-state index is -4.56. The summed E-state index contributed by atoms with van der Waals surface area (Å²) in [6.07, 6.45) is 29.9. The molecule has 0 aromatic heterocycles. The number of likely N-dealkylation sites (N-methyl/N-ethyl adjacent to an activating group) is 1. The summed E-state index contributed by atoms with van der Waals surface area (Å²) < 4.78 is 12.1. The molecule has 0 amide bonds. The van der Waals surface area contributed by atoms with E-state index in [2.05, 4.69) is 31.2 Å². The van der Waals surface area contributed by atoms with Gasteiger partial charge in [-0.25, -0.2) is 0 Å². The van der Waals surface area contributed by atoms with Gasteiger partial charge in [0.05, 0.1) is 21.1 Å². The number of rotatable bonds is 23. The van der Waals surface area contributed by atoms with Crippen LogP contribution in [0.2, 0.25) is 0 Å². The Labute approximate surface area is 211 Å². The van der Waals surface area contributed by atoms with Crippen molar-refractivity contribution in [2.24, 2.45) is 0 Å². The average Bonchev–Trinajstić information content (AvgIpc) is 2.73. The van der Waals surface area contributed by atoms with E-state index in [1.165, 1.54) is 83.5 Å². The number of nitrogens with zero attached hydrogens (tertiary/aromatic N) is 1. The van der Waals surface area contributed by atoms with Crippen LogP contribution < -0.4 is 0 Å². The number of hydrogen-bond donors (Lipinski definition) is 3. The second-order valence-electron chi connectivity index (χ2n) is 11.1. The molecule has 0 spiro atoms. The minimum Gasteiger partial charge on any atom is -0.373 e. The fourth-order valence-corrected chi connectivity index (χ4v) is 5.38. The van der Waals surface area contributed by atoms with E-state index in [1.807, 2.05) is 21.1 Å². The summed E-state index contributed by atoms with van der Waals surface area (Å²) in [5.41, 5.74) is 0. The summed E-state index contributed by atoms with van der Waals surface area (Å²) in [6.45, 7) is 2.27. The molecule has 0 saturated heterocycles. The second kappa shape index (κ2) is 19.7. The Balaban J connectivity index is 3.59. The van der Waals surface area contributed by atoms with Gasteiger partial charge in [-0.15, -0.1) is 0 Å². The lowest BCUT2D eigenvalue weighted by molar-refractivity contribution is -0.875. The topological polar surface area (TPSA) is 77.8 Å². The highest BCUT2D eigenvalue weighted by Gasteiger charge is 2.48. The molecule has 0 bridgehead atoms. The maximum atomic E-state index is 11.8. The summed E-state index contributed by atoms with van der Waals surface area (Å²) in [4.78, 5) is 19.2. The first-order valence-corrected chi connectivity index (χ1v) is 15.5. The normalized spacial score (nSPS) is 14.9. The van der Waals surface area contributed by atoms with E-state index in [9.17, 15) is 19.5 Å². The zero-order valence-corrected chi connectivity index (χ0v) is 23.8. The van der Waals surface area contributed by atoms with Crippen LogP contribution in [0.4, 0.5) is 0 Å². The monoisotopic (exact) mass is 502 g/mol. The summed E-state index contributed by atoms with van der Waals surface area (Å²) in [6, 6.07) is 0. The van der Waals surface area contributed by atoms with Crippen molar-refractivity contribution in [3.8, 4) is 0 Å². The van der Waals surface area contributed by atoms with Crippen LogP contribution in [0.1, 0.15) is 122 Å². The van der Waals surface area contributed by atoms with Crippen LogP contribution >= 0.6 is 7.60 Å². The molecule has 0 aromatic rings. The van der Waals surface area contributed by atoms with Crippen molar-refractivity contribution < 1.29 is 23.9 Å². The van der Waals surface area contributed by atoms with Gasteiger partial charge in [0.15, 0.2) is 0 Å². The van der Waals surface area contributed by atoms with Gasteiger partial charge in [-0.1, -0.05) is 89.0 Å². The molecule has 3 N–H and O–H groups in total. The first-order valence-electron chi connectivity index (χ1n) is 13.9. The molecule has 0 aromatic carbocycles. The van der Waals surface area contributed by atoms with Crippen LogP contribution in [-0.4, -0.2) is 52.4 Å². The second-order valence-corrected chi connectivity index (χ2v) is 13.0. The smallest absolute Gasteiger partial charge is 0.362 e. The van der Waals surface area contributed by atoms with E-state index in [4.69, 9.17) is 0 Å². The molecule has 0 aliphatic rings. The third-order valence-corrected chi connectivity index (χ3v) is 7.70. The maximum Gasteiger partial charge on any atom is 0.362 e. The molecule has 34 heavy (non-hydrogen) atoms. The molecular weight excluding hydrogens is 445 g/mol. The standard InChI is InChI=1S/C28H56NO4P/c1-5-6-7-8-9-10-11-12-13-14-15-16-17-18-19-20-21-22-23-24-25-26-28(30,34(31,32)33)27-29(2,3)4/h7-8,21-22,30H,5-6,9-20,23-27H2,1-4H3,(H-,31,32,33)/p+1/b8-7-,22-21-. The Morgan fingerprint density at radius 3 is 1.35 bits per heavy atom. The van der Waals surface area contributed by atoms with E-state index in [-0.39, 0.29) is 13.0 Å². The van der Waals surface area contributed by atoms with Crippen molar-refractivity contribution in [1.29, 1.82) is 0 Å². The molecule has 6 heteroatoms. The van der Waals surface area contributed by atoms with Gasteiger partial charge in [-0.3, -0.25) is 4.57 Å². The zero-order valence-electron chi connectivity index (χ0n) is 22.9. The molecule has 0 radical (unpaired) electrons. The van der Waals surface area contributed by atoms with Crippen LogP contribution in [-0.2, 0) is 4.57 Å². The number of quaternary nitrogens is 1. The zero-order chi connectivity index (χ0) is 25.8. The third-order valence-electron chi connectivity index (χ3n) is 6.25. The van der Waals surface area contributed by atoms with Crippen LogP contribution in [0.15, 0.2) is 24.3 Å². The highest BCUT2D eigenvalue weighted by atomic mass is 31.2. The lowest BCUT2D eigenvalue weighted by Crippen LogP contribution is -2.49. The molecule has 0 heterocycles. The molecule has 0 aliphatic heterocycles. The van der Waals surface area contributed by atoms with Crippen molar-refractivity contribution in [1.82, 2.24) is 0 Å². The van der Waals surface area contributed by atoms with E-state index in [0.717, 1.165) is 19.3 Å². The van der Waals surface area contributed by atoms with Crippen molar-refractivity contribution in [2.45, 2.75) is 128 Å². The van der Waals surface area contributed by atoms with Gasteiger partial charge < -0.3 is 19.4 Å². The third kappa shape index (κ3) is 19.8. The van der Waals surface area contributed by atoms with E-state index in [1.54, 1.807) is 0 Å². The molecule has 1 unspecified atom stereocenters. The van der Waals surface area contributed by atoms with Gasteiger partial charge in [-0.2, -0.15) is 0 Å². The molecule has 0 aliphatic carbocycles. The van der Waals surface area contributed by atoms with Crippen molar-refractivity contribution >= 4 is 7.60 Å². The molecule has 0 rings (SSSR count). The van der Waals surface area contributed by atoms with Gasteiger partial charge in [-0.05, 0) is 57.8 Å². The Bertz CT molecular complexity index is 579. The highest BCUT2D eigenvalue weighted by Crippen LogP contribution is 2.52. The number of aliphatic hydroxyl groups is 1.